The van der Waals surface area contributed by atoms with E-state index in [2.05, 4.69) is 5.32 Å². The number of hydrogen-bond acceptors (Lipinski definition) is 5. The molecule has 1 heterocycles. The van der Waals surface area contributed by atoms with Crippen LogP contribution in [0.25, 0.3) is 0 Å². The molecule has 1 amide bonds. The van der Waals surface area contributed by atoms with Gasteiger partial charge >= 0.3 is 6.09 Å². The van der Waals surface area contributed by atoms with Gasteiger partial charge in [0.15, 0.2) is 11.5 Å². The third-order valence-electron chi connectivity index (χ3n) is 4.65. The largest absolute Gasteiger partial charge is 0.507 e. The van der Waals surface area contributed by atoms with Crippen LogP contribution in [0.1, 0.15) is 64.5 Å². The van der Waals surface area contributed by atoms with Crippen LogP contribution in [0.3, 0.4) is 0 Å². The van der Waals surface area contributed by atoms with Crippen LogP contribution < -0.4 is 14.8 Å². The molecule has 1 aromatic carbocycles. The van der Waals surface area contributed by atoms with Gasteiger partial charge in [0, 0.05) is 11.6 Å². The topological polar surface area (TPSA) is 77.0 Å². The lowest BCUT2D eigenvalue weighted by Gasteiger charge is -2.32. The van der Waals surface area contributed by atoms with Crippen molar-refractivity contribution in [1.29, 1.82) is 0 Å². The summed E-state index contributed by atoms with van der Waals surface area (Å²) in [5, 5.41) is 13.5. The lowest BCUT2D eigenvalue weighted by Crippen LogP contribution is -2.38. The SMILES string of the molecule is CC(C)(C)OC(=O)NC(c1cc2c(cc1O)OCO2)C1CCCCC1. The molecule has 1 fully saturated rings. The number of rotatable bonds is 3. The predicted octanol–water partition coefficient (Wildman–Crippen LogP) is 4.27. The molecule has 3 rings (SSSR count). The van der Waals surface area contributed by atoms with Crippen molar-refractivity contribution >= 4 is 6.09 Å². The van der Waals surface area contributed by atoms with E-state index in [0.717, 1.165) is 25.7 Å². The van der Waals surface area contributed by atoms with E-state index in [1.807, 2.05) is 20.8 Å². The van der Waals surface area contributed by atoms with E-state index in [-0.39, 0.29) is 24.5 Å². The zero-order chi connectivity index (χ0) is 18.0. The normalized spacial score (nSPS) is 18.7. The van der Waals surface area contributed by atoms with Gasteiger partial charge in [-0.1, -0.05) is 19.3 Å². The Labute approximate surface area is 148 Å². The Kier molecular flexibility index (Phi) is 4.97. The number of phenolic OH excluding ortho intramolecular Hbond substituents is 1. The first-order chi connectivity index (χ1) is 11.8. The van der Waals surface area contributed by atoms with Gasteiger partial charge in [-0.25, -0.2) is 4.79 Å². The fourth-order valence-electron chi connectivity index (χ4n) is 3.55. The van der Waals surface area contributed by atoms with Crippen LogP contribution in [0, 0.1) is 5.92 Å². The Morgan fingerprint density at radius 2 is 1.84 bits per heavy atom. The average Bonchev–Trinajstić information content (AvgIpc) is 2.98. The zero-order valence-electron chi connectivity index (χ0n) is 15.1. The van der Waals surface area contributed by atoms with Gasteiger partial charge in [0.2, 0.25) is 6.79 Å². The number of fused-ring (bicyclic) bond motifs is 1. The summed E-state index contributed by atoms with van der Waals surface area (Å²) in [5.74, 6) is 1.49. The summed E-state index contributed by atoms with van der Waals surface area (Å²) < 4.78 is 16.2. The van der Waals surface area contributed by atoms with Crippen molar-refractivity contribution in [3.8, 4) is 17.2 Å². The van der Waals surface area contributed by atoms with E-state index in [9.17, 15) is 9.90 Å². The highest BCUT2D eigenvalue weighted by Crippen LogP contribution is 2.44. The molecule has 1 aliphatic heterocycles. The Hall–Kier alpha value is -2.11. The van der Waals surface area contributed by atoms with Crippen LogP contribution >= 0.6 is 0 Å². The number of phenols is 1. The smallest absolute Gasteiger partial charge is 0.408 e. The van der Waals surface area contributed by atoms with Gasteiger partial charge in [-0.2, -0.15) is 0 Å². The van der Waals surface area contributed by atoms with Crippen molar-refractivity contribution in [3.05, 3.63) is 17.7 Å². The van der Waals surface area contributed by atoms with Gasteiger partial charge in [-0.05, 0) is 45.6 Å². The molecule has 1 aliphatic carbocycles. The molecule has 2 aliphatic rings. The molecule has 1 aromatic rings. The zero-order valence-corrected chi connectivity index (χ0v) is 15.1. The van der Waals surface area contributed by atoms with Crippen molar-refractivity contribution < 1.29 is 24.1 Å². The number of alkyl carbamates (subject to hydrolysis) is 1. The van der Waals surface area contributed by atoms with Crippen LogP contribution in [-0.4, -0.2) is 23.6 Å². The molecule has 25 heavy (non-hydrogen) atoms. The number of nitrogens with one attached hydrogen (secondary N) is 1. The van der Waals surface area contributed by atoms with E-state index in [4.69, 9.17) is 14.2 Å². The van der Waals surface area contributed by atoms with Crippen LogP contribution in [0.5, 0.6) is 17.2 Å². The first-order valence-electron chi connectivity index (χ1n) is 8.95. The number of carbonyl (C=O) groups is 1. The van der Waals surface area contributed by atoms with Crippen LogP contribution in [0.4, 0.5) is 4.79 Å². The molecule has 6 nitrogen and oxygen atoms in total. The summed E-state index contributed by atoms with van der Waals surface area (Å²) in [5.41, 5.74) is 0.0833. The molecule has 0 aromatic heterocycles. The van der Waals surface area contributed by atoms with Crippen LogP contribution in [-0.2, 0) is 4.74 Å². The summed E-state index contributed by atoms with van der Waals surface area (Å²) in [6, 6.07) is 3.02. The minimum atomic E-state index is -0.571. The van der Waals surface area contributed by atoms with Crippen LogP contribution in [0.2, 0.25) is 0 Å². The second kappa shape index (κ2) is 7.02. The number of hydrogen-bond donors (Lipinski definition) is 2. The maximum absolute atomic E-state index is 12.4. The lowest BCUT2D eigenvalue weighted by atomic mass is 9.81. The van der Waals surface area contributed by atoms with E-state index >= 15 is 0 Å². The van der Waals surface area contributed by atoms with Crippen molar-refractivity contribution in [1.82, 2.24) is 5.32 Å². The summed E-state index contributed by atoms with van der Waals surface area (Å²) >= 11 is 0. The highest BCUT2D eigenvalue weighted by molar-refractivity contribution is 5.69. The molecular weight excluding hydrogens is 322 g/mol. The Bertz CT molecular complexity index is 631. The summed E-state index contributed by atoms with van der Waals surface area (Å²) in [4.78, 5) is 12.4. The third kappa shape index (κ3) is 4.30. The van der Waals surface area contributed by atoms with E-state index in [1.54, 1.807) is 12.1 Å². The molecule has 0 radical (unpaired) electrons. The van der Waals surface area contributed by atoms with Crippen molar-refractivity contribution in [3.63, 3.8) is 0 Å². The van der Waals surface area contributed by atoms with E-state index < -0.39 is 11.7 Å². The second-order valence-electron chi connectivity index (χ2n) is 7.79. The highest BCUT2D eigenvalue weighted by Gasteiger charge is 2.32. The maximum atomic E-state index is 12.4. The van der Waals surface area contributed by atoms with Gasteiger partial charge in [0.05, 0.1) is 6.04 Å². The van der Waals surface area contributed by atoms with Gasteiger partial charge in [-0.3, -0.25) is 0 Å². The van der Waals surface area contributed by atoms with Gasteiger partial charge in [0.25, 0.3) is 0 Å². The fraction of sp³-hybridized carbons (Fsp3) is 0.632. The Morgan fingerprint density at radius 3 is 2.48 bits per heavy atom. The summed E-state index contributed by atoms with van der Waals surface area (Å²) in [7, 11) is 0. The van der Waals surface area contributed by atoms with E-state index in [0.29, 0.717) is 17.1 Å². The van der Waals surface area contributed by atoms with Gasteiger partial charge in [0.1, 0.15) is 11.4 Å². The van der Waals surface area contributed by atoms with Crippen molar-refractivity contribution in [2.24, 2.45) is 5.92 Å². The minimum absolute atomic E-state index is 0.107. The summed E-state index contributed by atoms with van der Waals surface area (Å²) in [6.45, 7) is 5.65. The van der Waals surface area contributed by atoms with Crippen molar-refractivity contribution in [2.45, 2.75) is 64.5 Å². The number of aromatic hydroxyl groups is 1. The number of benzene rings is 1. The van der Waals surface area contributed by atoms with Gasteiger partial charge < -0.3 is 24.6 Å². The molecule has 0 bridgehead atoms. The molecule has 0 spiro atoms. The number of ether oxygens (including phenoxy) is 3. The van der Waals surface area contributed by atoms with Crippen molar-refractivity contribution in [2.75, 3.05) is 6.79 Å². The lowest BCUT2D eigenvalue weighted by molar-refractivity contribution is 0.0475. The quantitative estimate of drug-likeness (QED) is 0.852. The first kappa shape index (κ1) is 17.7. The first-order valence-corrected chi connectivity index (χ1v) is 8.95. The Morgan fingerprint density at radius 1 is 1.20 bits per heavy atom. The van der Waals surface area contributed by atoms with Crippen LogP contribution in [0.15, 0.2) is 12.1 Å². The molecule has 6 heteroatoms. The van der Waals surface area contributed by atoms with E-state index in [1.165, 1.54) is 6.42 Å². The monoisotopic (exact) mass is 349 g/mol. The standard InChI is InChI=1S/C19H27NO5/c1-19(2,3)25-18(22)20-17(12-7-5-4-6-8-12)13-9-15-16(10-14(13)21)24-11-23-15/h9-10,12,17,21H,4-8,11H2,1-3H3,(H,20,22). The molecule has 2 N–H and O–H groups in total. The third-order valence-corrected chi connectivity index (χ3v) is 4.65. The summed E-state index contributed by atoms with van der Waals surface area (Å²) in [6.07, 6.45) is 5.01. The minimum Gasteiger partial charge on any atom is -0.507 e. The average molecular weight is 349 g/mol. The second-order valence-corrected chi connectivity index (χ2v) is 7.79. The molecule has 1 saturated carbocycles. The molecule has 1 atom stereocenters. The molecule has 0 saturated heterocycles. The number of amides is 1. The molecule has 1 unspecified atom stereocenters. The number of carbonyl (C=O) groups excluding carboxylic acids is 1. The fourth-order valence-corrected chi connectivity index (χ4v) is 3.55. The molecule has 138 valence electrons. The Balaban J connectivity index is 1.87. The van der Waals surface area contributed by atoms with Gasteiger partial charge in [-0.15, -0.1) is 0 Å². The maximum Gasteiger partial charge on any atom is 0.408 e. The highest BCUT2D eigenvalue weighted by atomic mass is 16.7. The predicted molar refractivity (Wildman–Crippen MR) is 92.9 cm³/mol. The molecular formula is C19H27NO5.